The lowest BCUT2D eigenvalue weighted by Crippen LogP contribution is -2.39. The Morgan fingerprint density at radius 2 is 2.04 bits per heavy atom. The Hall–Kier alpha value is -2.50. The predicted octanol–water partition coefficient (Wildman–Crippen LogP) is 2.00. The summed E-state index contributed by atoms with van der Waals surface area (Å²) in [6.07, 6.45) is 2.59. The molecule has 1 aliphatic heterocycles. The lowest BCUT2D eigenvalue weighted by Gasteiger charge is -2.31. The Labute approximate surface area is 133 Å². The van der Waals surface area contributed by atoms with E-state index in [1.165, 1.54) is 18.2 Å². The first-order chi connectivity index (χ1) is 11.1. The van der Waals surface area contributed by atoms with Gasteiger partial charge in [0.15, 0.2) is 0 Å². The Morgan fingerprint density at radius 1 is 1.26 bits per heavy atom. The van der Waals surface area contributed by atoms with Crippen LogP contribution < -0.4 is 5.56 Å². The second kappa shape index (κ2) is 6.73. The average molecular weight is 315 g/mol. The number of carbonyl (C=O) groups excluding carboxylic acids is 1. The maximum absolute atomic E-state index is 13.2. The highest BCUT2D eigenvalue weighted by atomic mass is 19.1. The number of aromatic amines is 1. The highest BCUT2D eigenvalue weighted by molar-refractivity contribution is 5.92. The van der Waals surface area contributed by atoms with Gasteiger partial charge in [-0.1, -0.05) is 12.1 Å². The highest BCUT2D eigenvalue weighted by Crippen LogP contribution is 2.22. The van der Waals surface area contributed by atoms with Crippen molar-refractivity contribution in [3.8, 4) is 0 Å². The van der Waals surface area contributed by atoms with Crippen molar-refractivity contribution >= 4 is 5.91 Å². The molecule has 1 N–H and O–H groups in total. The van der Waals surface area contributed by atoms with E-state index in [0.29, 0.717) is 19.0 Å². The van der Waals surface area contributed by atoms with Gasteiger partial charge < -0.3 is 4.90 Å². The molecule has 0 saturated carbocycles. The summed E-state index contributed by atoms with van der Waals surface area (Å²) in [4.78, 5) is 25.1. The van der Waals surface area contributed by atoms with Crippen LogP contribution in [-0.4, -0.2) is 34.1 Å². The third-order valence-corrected chi connectivity index (χ3v) is 4.21. The van der Waals surface area contributed by atoms with Crippen LogP contribution in [0.2, 0.25) is 0 Å². The molecule has 0 unspecified atom stereocenters. The molecule has 0 radical (unpaired) electrons. The van der Waals surface area contributed by atoms with Crippen LogP contribution in [0.4, 0.5) is 4.39 Å². The SMILES string of the molecule is O=C(c1ccc(=O)[nH]n1)N1CCC(Cc2cccc(F)c2)CC1. The number of halogens is 1. The summed E-state index contributed by atoms with van der Waals surface area (Å²) in [5.41, 5.74) is 0.931. The fourth-order valence-corrected chi connectivity index (χ4v) is 2.96. The van der Waals surface area contributed by atoms with Crippen LogP contribution in [0.3, 0.4) is 0 Å². The van der Waals surface area contributed by atoms with Crippen molar-refractivity contribution in [2.24, 2.45) is 5.92 Å². The molecule has 0 bridgehead atoms. The summed E-state index contributed by atoms with van der Waals surface area (Å²) >= 11 is 0. The number of piperidine rings is 1. The minimum Gasteiger partial charge on any atom is -0.337 e. The first-order valence-corrected chi connectivity index (χ1v) is 7.71. The highest BCUT2D eigenvalue weighted by Gasteiger charge is 2.24. The minimum absolute atomic E-state index is 0.162. The number of carbonyl (C=O) groups is 1. The topological polar surface area (TPSA) is 66.1 Å². The van der Waals surface area contributed by atoms with E-state index in [1.807, 2.05) is 6.07 Å². The third kappa shape index (κ3) is 3.83. The number of aromatic nitrogens is 2. The van der Waals surface area contributed by atoms with Crippen molar-refractivity contribution in [2.75, 3.05) is 13.1 Å². The van der Waals surface area contributed by atoms with Gasteiger partial charge in [-0.25, -0.2) is 9.49 Å². The van der Waals surface area contributed by atoms with Crippen LogP contribution >= 0.6 is 0 Å². The number of hydrogen-bond acceptors (Lipinski definition) is 3. The van der Waals surface area contributed by atoms with Crippen LogP contribution in [0.1, 0.15) is 28.9 Å². The second-order valence-corrected chi connectivity index (χ2v) is 5.88. The molecule has 0 spiro atoms. The molecule has 0 aliphatic carbocycles. The predicted molar refractivity (Wildman–Crippen MR) is 83.6 cm³/mol. The number of nitrogens with one attached hydrogen (secondary N) is 1. The number of hydrogen-bond donors (Lipinski definition) is 1. The number of likely N-dealkylation sites (tertiary alicyclic amines) is 1. The Kier molecular flexibility index (Phi) is 4.50. The van der Waals surface area contributed by atoms with Gasteiger partial charge in [-0.3, -0.25) is 9.59 Å². The van der Waals surface area contributed by atoms with Gasteiger partial charge in [-0.05, 0) is 48.9 Å². The molecule has 6 heteroatoms. The molecule has 2 aromatic rings. The van der Waals surface area contributed by atoms with E-state index < -0.39 is 0 Å². The summed E-state index contributed by atoms with van der Waals surface area (Å²) in [6.45, 7) is 1.30. The quantitative estimate of drug-likeness (QED) is 0.942. The van der Waals surface area contributed by atoms with E-state index in [9.17, 15) is 14.0 Å². The lowest BCUT2D eigenvalue weighted by molar-refractivity contribution is 0.0683. The molecule has 1 aromatic carbocycles. The van der Waals surface area contributed by atoms with Crippen molar-refractivity contribution in [1.29, 1.82) is 0 Å². The number of amides is 1. The summed E-state index contributed by atoms with van der Waals surface area (Å²) in [6, 6.07) is 9.43. The first-order valence-electron chi connectivity index (χ1n) is 7.71. The Balaban J connectivity index is 1.56. The minimum atomic E-state index is -0.324. The monoisotopic (exact) mass is 315 g/mol. The van der Waals surface area contributed by atoms with Gasteiger partial charge in [0.25, 0.3) is 11.5 Å². The molecule has 120 valence electrons. The number of benzene rings is 1. The summed E-state index contributed by atoms with van der Waals surface area (Å²) in [7, 11) is 0. The smallest absolute Gasteiger partial charge is 0.274 e. The fourth-order valence-electron chi connectivity index (χ4n) is 2.96. The molecule has 2 heterocycles. The molecular weight excluding hydrogens is 297 g/mol. The molecule has 1 aromatic heterocycles. The van der Waals surface area contributed by atoms with Crippen molar-refractivity contribution < 1.29 is 9.18 Å². The van der Waals surface area contributed by atoms with E-state index in [-0.39, 0.29) is 23.0 Å². The molecule has 0 atom stereocenters. The summed E-state index contributed by atoms with van der Waals surface area (Å²) in [5.74, 6) is 0.0779. The first kappa shape index (κ1) is 15.4. The van der Waals surface area contributed by atoms with Gasteiger partial charge >= 0.3 is 0 Å². The average Bonchev–Trinajstić information content (AvgIpc) is 2.56. The molecule has 1 aliphatic rings. The van der Waals surface area contributed by atoms with Gasteiger partial charge in [0.2, 0.25) is 0 Å². The van der Waals surface area contributed by atoms with E-state index in [0.717, 1.165) is 24.8 Å². The zero-order valence-electron chi connectivity index (χ0n) is 12.7. The van der Waals surface area contributed by atoms with E-state index >= 15 is 0 Å². The largest absolute Gasteiger partial charge is 0.337 e. The molecule has 1 fully saturated rings. The van der Waals surface area contributed by atoms with Crippen molar-refractivity contribution in [2.45, 2.75) is 19.3 Å². The van der Waals surface area contributed by atoms with E-state index in [2.05, 4.69) is 10.2 Å². The van der Waals surface area contributed by atoms with Gasteiger partial charge in [0.05, 0.1) is 0 Å². The molecule has 1 saturated heterocycles. The van der Waals surface area contributed by atoms with Crippen molar-refractivity contribution in [1.82, 2.24) is 15.1 Å². The molecule has 3 rings (SSSR count). The van der Waals surface area contributed by atoms with Crippen LogP contribution in [0.25, 0.3) is 0 Å². The third-order valence-electron chi connectivity index (χ3n) is 4.21. The number of rotatable bonds is 3. The van der Waals surface area contributed by atoms with Gasteiger partial charge in [0.1, 0.15) is 11.5 Å². The van der Waals surface area contributed by atoms with Crippen LogP contribution in [-0.2, 0) is 6.42 Å². The van der Waals surface area contributed by atoms with E-state index in [4.69, 9.17) is 0 Å². The molecular formula is C17H18FN3O2. The van der Waals surface area contributed by atoms with Crippen LogP contribution in [0, 0.1) is 11.7 Å². The maximum Gasteiger partial charge on any atom is 0.274 e. The normalized spacial score (nSPS) is 15.6. The number of H-pyrrole nitrogens is 1. The summed E-state index contributed by atoms with van der Waals surface area (Å²) < 4.78 is 13.2. The number of nitrogens with zero attached hydrogens (tertiary/aromatic N) is 2. The van der Waals surface area contributed by atoms with Crippen LogP contribution in [0.5, 0.6) is 0 Å². The van der Waals surface area contributed by atoms with Crippen molar-refractivity contribution in [3.05, 3.63) is 63.8 Å². The lowest BCUT2D eigenvalue weighted by atomic mass is 9.90. The van der Waals surface area contributed by atoms with Crippen molar-refractivity contribution in [3.63, 3.8) is 0 Å². The fraction of sp³-hybridized carbons (Fsp3) is 0.353. The maximum atomic E-state index is 13.2. The zero-order valence-corrected chi connectivity index (χ0v) is 12.7. The standard InChI is InChI=1S/C17H18FN3O2/c18-14-3-1-2-13(11-14)10-12-6-8-21(9-7-12)17(23)15-4-5-16(22)20-19-15/h1-5,11-12H,6-10H2,(H,20,22). The van der Waals surface area contributed by atoms with Gasteiger partial charge in [-0.15, -0.1) is 0 Å². The molecule has 23 heavy (non-hydrogen) atoms. The molecule has 5 nitrogen and oxygen atoms in total. The summed E-state index contributed by atoms with van der Waals surface area (Å²) in [5, 5.41) is 6.06. The Bertz CT molecular complexity index is 731. The molecule has 1 amide bonds. The Morgan fingerprint density at radius 3 is 2.70 bits per heavy atom. The van der Waals surface area contributed by atoms with Crippen LogP contribution in [0.15, 0.2) is 41.2 Å². The zero-order chi connectivity index (χ0) is 16.2. The van der Waals surface area contributed by atoms with Gasteiger partial charge in [-0.2, -0.15) is 5.10 Å². The second-order valence-electron chi connectivity index (χ2n) is 5.88. The van der Waals surface area contributed by atoms with E-state index in [1.54, 1.807) is 17.0 Å². The van der Waals surface area contributed by atoms with Gasteiger partial charge in [0, 0.05) is 19.2 Å².